The summed E-state index contributed by atoms with van der Waals surface area (Å²) in [6, 6.07) is 7.55. The monoisotopic (exact) mass is 508 g/mol. The van der Waals surface area contributed by atoms with Crippen molar-refractivity contribution in [3.63, 3.8) is 0 Å². The van der Waals surface area contributed by atoms with Gasteiger partial charge in [0.1, 0.15) is 12.4 Å². The SMILES string of the molecule is COc1c(Cl)cccc1Nc1c(-c2ccncc2OC[C@@H]2OCC2(C)C)[nH]c2c1C(=O)N[C@@H]1CC[C@H]21. The minimum atomic E-state index is -0.0990. The second kappa shape index (κ2) is 8.71. The van der Waals surface area contributed by atoms with Gasteiger partial charge in [0.2, 0.25) is 0 Å². The van der Waals surface area contributed by atoms with E-state index in [1.54, 1.807) is 25.6 Å². The number of aromatic amines is 1. The van der Waals surface area contributed by atoms with Crippen LogP contribution in [0.5, 0.6) is 11.5 Å². The molecule has 0 bridgehead atoms. The summed E-state index contributed by atoms with van der Waals surface area (Å²) in [5.41, 5.74) is 4.52. The van der Waals surface area contributed by atoms with Crippen molar-refractivity contribution in [2.75, 3.05) is 25.6 Å². The third-order valence-electron chi connectivity index (χ3n) is 7.62. The maximum absolute atomic E-state index is 13.3. The molecular formula is C27H29ClN4O4. The minimum absolute atomic E-state index is 0.0113. The summed E-state index contributed by atoms with van der Waals surface area (Å²) in [6.45, 7) is 5.48. The molecule has 1 aliphatic carbocycles. The molecule has 1 aromatic carbocycles. The molecule has 2 fully saturated rings. The molecule has 9 heteroatoms. The Bertz CT molecular complexity index is 1340. The first-order valence-corrected chi connectivity index (χ1v) is 12.6. The number of nitrogens with zero attached hydrogens (tertiary/aromatic N) is 1. The topological polar surface area (TPSA) is 97.5 Å². The Hall–Kier alpha value is -3.23. The van der Waals surface area contributed by atoms with Crippen LogP contribution in [0.4, 0.5) is 11.4 Å². The Labute approximate surface area is 214 Å². The number of halogens is 1. The Morgan fingerprint density at radius 1 is 1.28 bits per heavy atom. The minimum Gasteiger partial charge on any atom is -0.493 e. The number of rotatable bonds is 7. The molecular weight excluding hydrogens is 480 g/mol. The average molecular weight is 509 g/mol. The third kappa shape index (κ3) is 3.71. The maximum Gasteiger partial charge on any atom is 0.255 e. The van der Waals surface area contributed by atoms with Crippen LogP contribution in [-0.2, 0) is 4.74 Å². The number of para-hydroxylation sites is 1. The van der Waals surface area contributed by atoms with Gasteiger partial charge in [-0.1, -0.05) is 31.5 Å². The molecule has 2 aliphatic heterocycles. The second-order valence-corrected chi connectivity index (χ2v) is 10.8. The first-order valence-electron chi connectivity index (χ1n) is 12.2. The smallest absolute Gasteiger partial charge is 0.255 e. The van der Waals surface area contributed by atoms with E-state index in [0.29, 0.717) is 40.1 Å². The van der Waals surface area contributed by atoms with Crippen LogP contribution in [0.3, 0.4) is 0 Å². The lowest BCUT2D eigenvalue weighted by Gasteiger charge is -2.43. The Balaban J connectivity index is 1.44. The fourth-order valence-electron chi connectivity index (χ4n) is 5.24. The predicted octanol–water partition coefficient (Wildman–Crippen LogP) is 5.28. The van der Waals surface area contributed by atoms with E-state index < -0.39 is 0 Å². The van der Waals surface area contributed by atoms with E-state index in [9.17, 15) is 4.79 Å². The van der Waals surface area contributed by atoms with E-state index in [2.05, 4.69) is 34.4 Å². The van der Waals surface area contributed by atoms with E-state index in [4.69, 9.17) is 25.8 Å². The van der Waals surface area contributed by atoms with Gasteiger partial charge in [-0.25, -0.2) is 0 Å². The average Bonchev–Trinajstić information content (AvgIpc) is 3.19. The van der Waals surface area contributed by atoms with Gasteiger partial charge in [-0.05, 0) is 31.0 Å². The van der Waals surface area contributed by atoms with Crippen LogP contribution in [0, 0.1) is 5.41 Å². The molecule has 0 unspecified atom stereocenters. The Morgan fingerprint density at radius 2 is 2.14 bits per heavy atom. The highest BCUT2D eigenvalue weighted by Gasteiger charge is 2.44. The number of ether oxygens (including phenoxy) is 3. The lowest BCUT2D eigenvalue weighted by Crippen LogP contribution is -2.50. The van der Waals surface area contributed by atoms with Gasteiger partial charge in [0.25, 0.3) is 5.91 Å². The maximum atomic E-state index is 13.3. The molecule has 36 heavy (non-hydrogen) atoms. The van der Waals surface area contributed by atoms with Crippen LogP contribution in [0.25, 0.3) is 11.3 Å². The highest BCUT2D eigenvalue weighted by atomic mass is 35.5. The molecule has 3 N–H and O–H groups in total. The van der Waals surface area contributed by atoms with E-state index in [-0.39, 0.29) is 29.4 Å². The van der Waals surface area contributed by atoms with Gasteiger partial charge in [0.05, 0.1) is 53.7 Å². The van der Waals surface area contributed by atoms with Crippen LogP contribution >= 0.6 is 11.6 Å². The molecule has 2 aromatic heterocycles. The second-order valence-electron chi connectivity index (χ2n) is 10.3. The van der Waals surface area contributed by atoms with Crippen molar-refractivity contribution in [1.29, 1.82) is 0 Å². The molecule has 1 saturated carbocycles. The number of nitrogens with one attached hydrogen (secondary N) is 3. The van der Waals surface area contributed by atoms with E-state index >= 15 is 0 Å². The normalized spacial score (nSPS) is 23.4. The zero-order valence-corrected chi connectivity index (χ0v) is 21.2. The van der Waals surface area contributed by atoms with Crippen molar-refractivity contribution in [2.24, 2.45) is 5.41 Å². The van der Waals surface area contributed by atoms with Crippen molar-refractivity contribution in [2.45, 2.75) is 44.8 Å². The third-order valence-corrected chi connectivity index (χ3v) is 7.92. The Morgan fingerprint density at radius 3 is 2.83 bits per heavy atom. The number of carbonyl (C=O) groups excluding carboxylic acids is 1. The van der Waals surface area contributed by atoms with Crippen molar-refractivity contribution >= 4 is 28.9 Å². The Kier molecular flexibility index (Phi) is 5.61. The number of pyridine rings is 1. The van der Waals surface area contributed by atoms with Crippen LogP contribution in [0.2, 0.25) is 5.02 Å². The van der Waals surface area contributed by atoms with Crippen molar-refractivity contribution in [1.82, 2.24) is 15.3 Å². The fourth-order valence-corrected chi connectivity index (χ4v) is 5.50. The van der Waals surface area contributed by atoms with Crippen molar-refractivity contribution < 1.29 is 19.0 Å². The molecule has 3 aliphatic rings. The van der Waals surface area contributed by atoms with Gasteiger partial charge in [-0.3, -0.25) is 9.78 Å². The highest BCUT2D eigenvalue weighted by molar-refractivity contribution is 6.32. The van der Waals surface area contributed by atoms with E-state index in [1.165, 1.54) is 0 Å². The number of methoxy groups -OCH3 is 1. The number of hydrogen-bond acceptors (Lipinski definition) is 6. The van der Waals surface area contributed by atoms with E-state index in [0.717, 1.165) is 36.4 Å². The summed E-state index contributed by atoms with van der Waals surface area (Å²) in [4.78, 5) is 21.2. The summed E-state index contributed by atoms with van der Waals surface area (Å²) >= 11 is 6.40. The summed E-state index contributed by atoms with van der Waals surface area (Å²) in [7, 11) is 1.57. The predicted molar refractivity (Wildman–Crippen MR) is 138 cm³/mol. The van der Waals surface area contributed by atoms with Crippen LogP contribution in [0.15, 0.2) is 36.7 Å². The number of amides is 1. The fraction of sp³-hybridized carbons (Fsp3) is 0.407. The standard InChI is InChI=1S/C27H29ClN4O4/c1-27(2)13-36-20(27)12-35-19-11-29-10-9-15(19)23-24(30-18-6-4-5-16(28)25(18)34-3)21-22(32-23)14-7-8-17(14)31-26(21)33/h4-6,9-11,14,17,20,30,32H,7-8,12-13H2,1-3H3,(H,31,33)/t14-,17+,20-/m0/s1. The zero-order valence-electron chi connectivity index (χ0n) is 20.5. The zero-order chi connectivity index (χ0) is 25.0. The first-order chi connectivity index (χ1) is 17.4. The van der Waals surface area contributed by atoms with Crippen LogP contribution in [-0.4, -0.2) is 48.3 Å². The lowest BCUT2D eigenvalue weighted by molar-refractivity contribution is -0.180. The molecule has 8 nitrogen and oxygen atoms in total. The molecule has 188 valence electrons. The van der Waals surface area contributed by atoms with Gasteiger partial charge in [-0.15, -0.1) is 0 Å². The molecule has 4 heterocycles. The summed E-state index contributed by atoms with van der Waals surface area (Å²) in [6.07, 6.45) is 5.44. The van der Waals surface area contributed by atoms with Gasteiger partial charge in [0, 0.05) is 34.8 Å². The summed E-state index contributed by atoms with van der Waals surface area (Å²) in [5.74, 6) is 1.28. The van der Waals surface area contributed by atoms with Crippen LogP contribution in [0.1, 0.15) is 48.7 Å². The quantitative estimate of drug-likeness (QED) is 0.402. The first kappa shape index (κ1) is 23.2. The van der Waals surface area contributed by atoms with Gasteiger partial charge in [-0.2, -0.15) is 0 Å². The summed E-state index contributed by atoms with van der Waals surface area (Å²) < 4.78 is 17.5. The van der Waals surface area contributed by atoms with Crippen molar-refractivity contribution in [3.8, 4) is 22.8 Å². The van der Waals surface area contributed by atoms with Gasteiger partial charge < -0.3 is 29.8 Å². The number of aromatic nitrogens is 2. The number of anilines is 2. The van der Waals surface area contributed by atoms with Crippen LogP contribution < -0.4 is 20.1 Å². The highest BCUT2D eigenvalue weighted by Crippen LogP contribution is 2.49. The van der Waals surface area contributed by atoms with Crippen molar-refractivity contribution in [3.05, 3.63) is 52.9 Å². The van der Waals surface area contributed by atoms with E-state index in [1.807, 2.05) is 18.2 Å². The molecule has 3 aromatic rings. The van der Waals surface area contributed by atoms with Gasteiger partial charge in [0.15, 0.2) is 5.75 Å². The number of benzene rings is 1. The molecule has 3 atom stereocenters. The molecule has 1 saturated heterocycles. The lowest BCUT2D eigenvalue weighted by atomic mass is 9.74. The largest absolute Gasteiger partial charge is 0.493 e. The summed E-state index contributed by atoms with van der Waals surface area (Å²) in [5, 5.41) is 7.10. The molecule has 0 spiro atoms. The molecule has 1 amide bonds. The molecule has 6 rings (SSSR count). The number of carbonyl (C=O) groups is 1. The number of hydrogen-bond donors (Lipinski definition) is 3. The van der Waals surface area contributed by atoms with Gasteiger partial charge >= 0.3 is 0 Å². The number of H-pyrrole nitrogens is 1. The molecule has 0 radical (unpaired) electrons. The number of fused-ring (bicyclic) bond motifs is 3.